The Labute approximate surface area is 109 Å². The van der Waals surface area contributed by atoms with Crippen LogP contribution in [0.3, 0.4) is 0 Å². The van der Waals surface area contributed by atoms with Crippen LogP contribution in [0.5, 0.6) is 0 Å². The van der Waals surface area contributed by atoms with E-state index < -0.39 is 5.54 Å². The highest BCUT2D eigenvalue weighted by molar-refractivity contribution is 5.93. The van der Waals surface area contributed by atoms with Crippen molar-refractivity contribution in [2.75, 3.05) is 6.54 Å². The van der Waals surface area contributed by atoms with E-state index >= 15 is 0 Å². The molecule has 2 rings (SSSR count). The Kier molecular flexibility index (Phi) is 3.16. The summed E-state index contributed by atoms with van der Waals surface area (Å²) >= 11 is 0. The number of carbonyl (C=O) groups is 2. The molecule has 1 aliphatic heterocycles. The predicted molar refractivity (Wildman–Crippen MR) is 70.0 cm³/mol. The van der Waals surface area contributed by atoms with Gasteiger partial charge in [-0.1, -0.05) is 13.8 Å². The molecule has 1 saturated heterocycles. The van der Waals surface area contributed by atoms with Gasteiger partial charge in [0, 0.05) is 19.0 Å². The first kappa shape index (κ1) is 13.4. The van der Waals surface area contributed by atoms with Crippen molar-refractivity contribution in [2.24, 2.45) is 5.41 Å². The van der Waals surface area contributed by atoms with Gasteiger partial charge < -0.3 is 10.2 Å². The lowest BCUT2D eigenvalue weighted by molar-refractivity contribution is -0.139. The zero-order valence-corrected chi connectivity index (χ0v) is 11.9. The molecule has 1 saturated carbocycles. The smallest absolute Gasteiger partial charge is 0.248 e. The first-order chi connectivity index (χ1) is 8.21. The van der Waals surface area contributed by atoms with Crippen LogP contribution in [0.15, 0.2) is 0 Å². The third-order valence-corrected chi connectivity index (χ3v) is 4.21. The molecule has 2 fully saturated rings. The molecular formula is C14H24N2O2. The van der Waals surface area contributed by atoms with Crippen LogP contribution in [0.25, 0.3) is 0 Å². The monoisotopic (exact) mass is 252 g/mol. The van der Waals surface area contributed by atoms with Crippen LogP contribution in [-0.4, -0.2) is 34.8 Å². The molecule has 0 bridgehead atoms. The topological polar surface area (TPSA) is 49.4 Å². The van der Waals surface area contributed by atoms with Gasteiger partial charge in [0.05, 0.1) is 0 Å². The quantitative estimate of drug-likeness (QED) is 0.772. The maximum atomic E-state index is 12.5. The summed E-state index contributed by atoms with van der Waals surface area (Å²) in [5.74, 6) is 0.0455. The van der Waals surface area contributed by atoms with E-state index in [4.69, 9.17) is 0 Å². The van der Waals surface area contributed by atoms with Gasteiger partial charge >= 0.3 is 0 Å². The van der Waals surface area contributed by atoms with Crippen molar-refractivity contribution in [3.05, 3.63) is 0 Å². The van der Waals surface area contributed by atoms with Crippen molar-refractivity contribution < 1.29 is 9.59 Å². The van der Waals surface area contributed by atoms with Crippen molar-refractivity contribution in [3.8, 4) is 0 Å². The van der Waals surface area contributed by atoms with Gasteiger partial charge in [-0.05, 0) is 38.5 Å². The summed E-state index contributed by atoms with van der Waals surface area (Å²) < 4.78 is 0. The van der Waals surface area contributed by atoms with Gasteiger partial charge in [-0.2, -0.15) is 0 Å². The Morgan fingerprint density at radius 1 is 1.22 bits per heavy atom. The molecule has 4 nitrogen and oxygen atoms in total. The molecule has 1 atom stereocenters. The second-order valence-corrected chi connectivity index (χ2v) is 6.98. The summed E-state index contributed by atoms with van der Waals surface area (Å²) in [7, 11) is 0. The average molecular weight is 252 g/mol. The van der Waals surface area contributed by atoms with Crippen molar-refractivity contribution in [3.63, 3.8) is 0 Å². The SMILES string of the molecule is CC1(C)CCC(N2CCC(=O)NC(C)(C)C2=O)C1. The third kappa shape index (κ3) is 2.52. The summed E-state index contributed by atoms with van der Waals surface area (Å²) in [5.41, 5.74) is -0.445. The van der Waals surface area contributed by atoms with Crippen molar-refractivity contribution in [1.82, 2.24) is 10.2 Å². The van der Waals surface area contributed by atoms with Crippen LogP contribution in [0.2, 0.25) is 0 Å². The molecule has 0 aromatic carbocycles. The first-order valence-electron chi connectivity index (χ1n) is 6.83. The van der Waals surface area contributed by atoms with E-state index in [1.165, 1.54) is 0 Å². The molecule has 0 aromatic heterocycles. The minimum atomic E-state index is -0.764. The number of nitrogens with one attached hydrogen (secondary N) is 1. The number of nitrogens with zero attached hydrogens (tertiary/aromatic N) is 1. The summed E-state index contributed by atoms with van der Waals surface area (Å²) in [4.78, 5) is 26.1. The summed E-state index contributed by atoms with van der Waals surface area (Å²) in [6.07, 6.45) is 3.68. The number of hydrogen-bond donors (Lipinski definition) is 1. The molecule has 18 heavy (non-hydrogen) atoms. The minimum absolute atomic E-state index is 0.0203. The standard InChI is InChI=1S/C14H24N2O2/c1-13(2)7-5-10(9-13)16-8-6-11(17)15-14(3,4)12(16)18/h10H,5-9H2,1-4H3,(H,15,17). The molecule has 1 heterocycles. The summed E-state index contributed by atoms with van der Waals surface area (Å²) in [6, 6.07) is 0.305. The van der Waals surface area contributed by atoms with E-state index in [1.807, 2.05) is 4.90 Å². The fraction of sp³-hybridized carbons (Fsp3) is 0.857. The van der Waals surface area contributed by atoms with Gasteiger partial charge in [0.2, 0.25) is 11.8 Å². The first-order valence-corrected chi connectivity index (χ1v) is 6.83. The molecule has 0 spiro atoms. The highest BCUT2D eigenvalue weighted by atomic mass is 16.2. The van der Waals surface area contributed by atoms with Gasteiger partial charge in [-0.15, -0.1) is 0 Å². The van der Waals surface area contributed by atoms with Crippen LogP contribution < -0.4 is 5.32 Å². The Balaban J connectivity index is 2.17. The number of amides is 2. The molecule has 2 aliphatic rings. The fourth-order valence-electron chi connectivity index (χ4n) is 3.16. The molecule has 1 N–H and O–H groups in total. The zero-order chi connectivity index (χ0) is 13.6. The van der Waals surface area contributed by atoms with Gasteiger partial charge in [0.15, 0.2) is 0 Å². The second kappa shape index (κ2) is 4.25. The van der Waals surface area contributed by atoms with Crippen LogP contribution >= 0.6 is 0 Å². The zero-order valence-electron chi connectivity index (χ0n) is 11.9. The Morgan fingerprint density at radius 2 is 1.89 bits per heavy atom. The van der Waals surface area contributed by atoms with Crippen molar-refractivity contribution >= 4 is 11.8 Å². The van der Waals surface area contributed by atoms with E-state index in [0.717, 1.165) is 19.3 Å². The van der Waals surface area contributed by atoms with Gasteiger partial charge in [0.25, 0.3) is 0 Å². The molecule has 1 aliphatic carbocycles. The van der Waals surface area contributed by atoms with E-state index in [1.54, 1.807) is 13.8 Å². The lowest BCUT2D eigenvalue weighted by atomic mass is 9.91. The summed E-state index contributed by atoms with van der Waals surface area (Å²) in [5, 5.41) is 2.81. The maximum absolute atomic E-state index is 12.5. The molecular weight excluding hydrogens is 228 g/mol. The highest BCUT2D eigenvalue weighted by Gasteiger charge is 2.42. The molecule has 1 unspecified atom stereocenters. The fourth-order valence-corrected chi connectivity index (χ4v) is 3.16. The lowest BCUT2D eigenvalue weighted by Gasteiger charge is -2.33. The molecule has 0 aromatic rings. The minimum Gasteiger partial charge on any atom is -0.342 e. The van der Waals surface area contributed by atoms with E-state index in [2.05, 4.69) is 19.2 Å². The third-order valence-electron chi connectivity index (χ3n) is 4.21. The predicted octanol–water partition coefficient (Wildman–Crippen LogP) is 1.69. The Morgan fingerprint density at radius 3 is 2.44 bits per heavy atom. The maximum Gasteiger partial charge on any atom is 0.248 e. The van der Waals surface area contributed by atoms with E-state index in [-0.39, 0.29) is 11.8 Å². The Hall–Kier alpha value is -1.06. The molecule has 102 valence electrons. The van der Waals surface area contributed by atoms with Crippen molar-refractivity contribution in [1.29, 1.82) is 0 Å². The largest absolute Gasteiger partial charge is 0.342 e. The van der Waals surface area contributed by atoms with E-state index in [0.29, 0.717) is 24.4 Å². The normalized spacial score (nSPS) is 31.1. The Bertz CT molecular complexity index is 374. The number of hydrogen-bond acceptors (Lipinski definition) is 2. The van der Waals surface area contributed by atoms with Crippen LogP contribution in [0, 0.1) is 5.41 Å². The van der Waals surface area contributed by atoms with Gasteiger partial charge in [-0.3, -0.25) is 9.59 Å². The number of carbonyl (C=O) groups excluding carboxylic acids is 2. The average Bonchev–Trinajstić information content (AvgIpc) is 2.53. The second-order valence-electron chi connectivity index (χ2n) is 6.98. The van der Waals surface area contributed by atoms with Gasteiger partial charge in [0.1, 0.15) is 5.54 Å². The van der Waals surface area contributed by atoms with Gasteiger partial charge in [-0.25, -0.2) is 0 Å². The number of rotatable bonds is 1. The van der Waals surface area contributed by atoms with Crippen LogP contribution in [0.1, 0.15) is 53.4 Å². The van der Waals surface area contributed by atoms with E-state index in [9.17, 15) is 9.59 Å². The van der Waals surface area contributed by atoms with Crippen LogP contribution in [-0.2, 0) is 9.59 Å². The summed E-state index contributed by atoms with van der Waals surface area (Å²) in [6.45, 7) is 8.67. The highest BCUT2D eigenvalue weighted by Crippen LogP contribution is 2.40. The van der Waals surface area contributed by atoms with Crippen molar-refractivity contribution in [2.45, 2.75) is 65.0 Å². The lowest BCUT2D eigenvalue weighted by Crippen LogP contribution is -2.54. The molecule has 2 amide bonds. The van der Waals surface area contributed by atoms with Crippen LogP contribution in [0.4, 0.5) is 0 Å². The molecule has 4 heteroatoms. The molecule has 0 radical (unpaired) electrons.